The Balaban J connectivity index is 1.27. The van der Waals surface area contributed by atoms with Gasteiger partial charge in [-0.05, 0) is 82.2 Å². The first-order chi connectivity index (χ1) is 17.5. The summed E-state index contributed by atoms with van der Waals surface area (Å²) in [6.45, 7) is 14.7. The van der Waals surface area contributed by atoms with Crippen molar-refractivity contribution in [1.29, 1.82) is 0 Å². The fourth-order valence-electron chi connectivity index (χ4n) is 6.02. The molecule has 0 aromatic heterocycles. The number of hydrogen-bond acceptors (Lipinski definition) is 5. The topological polar surface area (TPSA) is 60.1 Å². The van der Waals surface area contributed by atoms with Crippen LogP contribution < -0.4 is 10.6 Å². The number of halogens is 1. The molecule has 7 nitrogen and oxygen atoms in total. The van der Waals surface area contributed by atoms with E-state index in [0.717, 1.165) is 78.4 Å². The van der Waals surface area contributed by atoms with Gasteiger partial charge < -0.3 is 20.3 Å². The van der Waals surface area contributed by atoms with E-state index in [0.29, 0.717) is 24.4 Å². The van der Waals surface area contributed by atoms with Crippen LogP contribution in [-0.2, 0) is 11.2 Å². The van der Waals surface area contributed by atoms with Crippen molar-refractivity contribution in [3.63, 3.8) is 0 Å². The molecule has 2 N–H and O–H groups in total. The first-order valence-electron chi connectivity index (χ1n) is 14.0. The number of piperidine rings is 2. The summed E-state index contributed by atoms with van der Waals surface area (Å²) in [6, 6.07) is 7.58. The Bertz CT molecular complexity index is 802. The molecule has 0 aliphatic carbocycles. The number of benzene rings is 1. The number of nitrogens with one attached hydrogen (secondary N) is 2. The average Bonchev–Trinajstić information content (AvgIpc) is 2.87. The van der Waals surface area contributed by atoms with Gasteiger partial charge >= 0.3 is 6.03 Å². The fourth-order valence-corrected chi connectivity index (χ4v) is 6.02. The number of urea groups is 1. The second-order valence-corrected chi connectivity index (χ2v) is 11.2. The molecule has 0 saturated carbocycles. The third kappa shape index (κ3) is 8.40. The minimum atomic E-state index is -0.166. The average molecular weight is 504 g/mol. The zero-order chi connectivity index (χ0) is 25.3. The van der Waals surface area contributed by atoms with Gasteiger partial charge in [-0.2, -0.15) is 0 Å². The molecule has 1 aromatic carbocycles. The smallest absolute Gasteiger partial charge is 0.315 e. The molecule has 2 amide bonds. The van der Waals surface area contributed by atoms with Gasteiger partial charge in [-0.15, -0.1) is 0 Å². The maximum Gasteiger partial charge on any atom is 0.315 e. The first kappa shape index (κ1) is 27.3. The number of carbonyl (C=O) groups is 1. The van der Waals surface area contributed by atoms with Crippen LogP contribution in [0.2, 0.25) is 0 Å². The molecule has 0 bridgehead atoms. The lowest BCUT2D eigenvalue weighted by Gasteiger charge is -2.43. The SMILES string of the molecule is CC(C)N1CC[C@@H](CN2CCCC(Cc3ccc(F)cc3)C2)[C@@H](NC(=O)NCCN2CCOCC2)C1. The Hall–Kier alpha value is -1.74. The molecular formula is C28H46FN5O2. The predicted octanol–water partition coefficient (Wildman–Crippen LogP) is 2.81. The molecule has 3 aliphatic rings. The van der Waals surface area contributed by atoms with E-state index in [1.165, 1.54) is 18.4 Å². The van der Waals surface area contributed by atoms with E-state index in [2.05, 4.69) is 39.2 Å². The summed E-state index contributed by atoms with van der Waals surface area (Å²) in [6.07, 6.45) is 4.55. The molecule has 0 spiro atoms. The lowest BCUT2D eigenvalue weighted by molar-refractivity contribution is 0.0386. The number of nitrogens with zero attached hydrogens (tertiary/aromatic N) is 3. The van der Waals surface area contributed by atoms with Gasteiger partial charge in [-0.1, -0.05) is 12.1 Å². The molecule has 3 fully saturated rings. The zero-order valence-corrected chi connectivity index (χ0v) is 22.3. The number of carbonyl (C=O) groups excluding carboxylic acids is 1. The summed E-state index contributed by atoms with van der Waals surface area (Å²) < 4.78 is 18.7. The summed E-state index contributed by atoms with van der Waals surface area (Å²) in [7, 11) is 0. The third-order valence-electron chi connectivity index (χ3n) is 8.18. The molecule has 0 radical (unpaired) electrons. The van der Waals surface area contributed by atoms with Crippen molar-refractivity contribution >= 4 is 6.03 Å². The number of amides is 2. The van der Waals surface area contributed by atoms with Gasteiger partial charge in [0, 0.05) is 57.9 Å². The summed E-state index contributed by atoms with van der Waals surface area (Å²) in [5, 5.41) is 6.43. The van der Waals surface area contributed by atoms with Gasteiger partial charge in [0.05, 0.1) is 13.2 Å². The third-order valence-corrected chi connectivity index (χ3v) is 8.18. The van der Waals surface area contributed by atoms with Crippen LogP contribution in [0.25, 0.3) is 0 Å². The van der Waals surface area contributed by atoms with E-state index in [1.54, 1.807) is 12.1 Å². The van der Waals surface area contributed by atoms with E-state index in [4.69, 9.17) is 4.74 Å². The summed E-state index contributed by atoms with van der Waals surface area (Å²) in [5.74, 6) is 0.893. The van der Waals surface area contributed by atoms with Gasteiger partial charge in [-0.3, -0.25) is 9.80 Å². The maximum absolute atomic E-state index is 13.3. The predicted molar refractivity (Wildman–Crippen MR) is 142 cm³/mol. The summed E-state index contributed by atoms with van der Waals surface area (Å²) in [4.78, 5) is 20.3. The van der Waals surface area contributed by atoms with Crippen molar-refractivity contribution in [3.8, 4) is 0 Å². The van der Waals surface area contributed by atoms with Crippen LogP contribution in [0.5, 0.6) is 0 Å². The molecule has 3 heterocycles. The lowest BCUT2D eigenvalue weighted by atomic mass is 9.87. The van der Waals surface area contributed by atoms with E-state index in [-0.39, 0.29) is 17.9 Å². The van der Waals surface area contributed by atoms with Crippen molar-refractivity contribution in [3.05, 3.63) is 35.6 Å². The van der Waals surface area contributed by atoms with Crippen LogP contribution in [0.15, 0.2) is 24.3 Å². The molecule has 3 atom stereocenters. The van der Waals surface area contributed by atoms with Crippen LogP contribution >= 0.6 is 0 Å². The van der Waals surface area contributed by atoms with Gasteiger partial charge in [0.2, 0.25) is 0 Å². The van der Waals surface area contributed by atoms with E-state index < -0.39 is 0 Å². The maximum atomic E-state index is 13.3. The molecule has 3 saturated heterocycles. The number of morpholine rings is 1. The van der Waals surface area contributed by atoms with E-state index in [1.807, 2.05) is 12.1 Å². The Morgan fingerprint density at radius 2 is 1.83 bits per heavy atom. The molecule has 8 heteroatoms. The van der Waals surface area contributed by atoms with Crippen LogP contribution in [0.3, 0.4) is 0 Å². The molecule has 202 valence electrons. The summed E-state index contributed by atoms with van der Waals surface area (Å²) >= 11 is 0. The molecule has 4 rings (SSSR count). The second-order valence-electron chi connectivity index (χ2n) is 11.2. The van der Waals surface area contributed by atoms with Crippen molar-refractivity contribution < 1.29 is 13.9 Å². The highest BCUT2D eigenvalue weighted by molar-refractivity contribution is 5.74. The highest BCUT2D eigenvalue weighted by atomic mass is 19.1. The van der Waals surface area contributed by atoms with Gasteiger partial charge in [0.15, 0.2) is 0 Å². The fraction of sp³-hybridized carbons (Fsp3) is 0.750. The highest BCUT2D eigenvalue weighted by Gasteiger charge is 2.33. The van der Waals surface area contributed by atoms with Gasteiger partial charge in [-0.25, -0.2) is 9.18 Å². The van der Waals surface area contributed by atoms with Crippen LogP contribution in [0, 0.1) is 17.7 Å². The minimum absolute atomic E-state index is 0.0447. The Labute approximate surface area is 216 Å². The Morgan fingerprint density at radius 1 is 1.06 bits per heavy atom. The van der Waals surface area contributed by atoms with Crippen molar-refractivity contribution in [2.75, 3.05) is 72.1 Å². The van der Waals surface area contributed by atoms with Crippen molar-refractivity contribution in [1.82, 2.24) is 25.3 Å². The van der Waals surface area contributed by atoms with Crippen LogP contribution in [-0.4, -0.2) is 105 Å². The summed E-state index contributed by atoms with van der Waals surface area (Å²) in [5.41, 5.74) is 1.22. The largest absolute Gasteiger partial charge is 0.379 e. The zero-order valence-electron chi connectivity index (χ0n) is 22.3. The van der Waals surface area contributed by atoms with Gasteiger partial charge in [0.1, 0.15) is 5.82 Å². The first-order valence-corrected chi connectivity index (χ1v) is 14.0. The Kier molecular flexibility index (Phi) is 10.4. The van der Waals surface area contributed by atoms with Gasteiger partial charge in [0.25, 0.3) is 0 Å². The molecule has 1 unspecified atom stereocenters. The molecule has 36 heavy (non-hydrogen) atoms. The minimum Gasteiger partial charge on any atom is -0.379 e. The number of likely N-dealkylation sites (tertiary alicyclic amines) is 2. The molecular weight excluding hydrogens is 457 g/mol. The second kappa shape index (κ2) is 13.7. The van der Waals surface area contributed by atoms with Crippen molar-refractivity contribution in [2.45, 2.75) is 51.6 Å². The standard InChI is InChI=1S/C28H46FN5O2/c1-22(2)34-12-9-25(27(21-34)31-28(35)30-10-13-32-14-16-36-17-15-32)20-33-11-3-4-24(19-33)18-23-5-7-26(29)8-6-23/h5-8,22,24-25,27H,3-4,9-21H2,1-2H3,(H2,30,31,35)/t24?,25-,27-/m0/s1. The monoisotopic (exact) mass is 503 g/mol. The highest BCUT2D eigenvalue weighted by Crippen LogP contribution is 2.26. The van der Waals surface area contributed by atoms with E-state index >= 15 is 0 Å². The van der Waals surface area contributed by atoms with Crippen LogP contribution in [0.1, 0.15) is 38.7 Å². The molecule has 1 aromatic rings. The van der Waals surface area contributed by atoms with E-state index in [9.17, 15) is 9.18 Å². The molecule has 3 aliphatic heterocycles. The number of ether oxygens (including phenoxy) is 1. The lowest BCUT2D eigenvalue weighted by Crippen LogP contribution is -2.58. The Morgan fingerprint density at radius 3 is 2.58 bits per heavy atom. The quantitative estimate of drug-likeness (QED) is 0.543. The normalized spacial score (nSPS) is 26.7. The van der Waals surface area contributed by atoms with Crippen LogP contribution in [0.4, 0.5) is 9.18 Å². The van der Waals surface area contributed by atoms with Crippen molar-refractivity contribution in [2.24, 2.45) is 11.8 Å². The number of hydrogen-bond donors (Lipinski definition) is 2. The number of rotatable bonds is 9.